The van der Waals surface area contributed by atoms with E-state index in [-0.39, 0.29) is 12.5 Å². The van der Waals surface area contributed by atoms with E-state index in [0.29, 0.717) is 17.7 Å². The monoisotopic (exact) mass is 272 g/mol. The molecule has 5 nitrogen and oxygen atoms in total. The molecule has 0 bridgehead atoms. The summed E-state index contributed by atoms with van der Waals surface area (Å²) in [5.74, 6) is 4.52. The van der Waals surface area contributed by atoms with Crippen molar-refractivity contribution < 1.29 is 9.18 Å². The highest BCUT2D eigenvalue weighted by atomic mass is 19.1. The summed E-state index contributed by atoms with van der Waals surface area (Å²) in [6.07, 6.45) is 3.14. The Morgan fingerprint density at radius 2 is 2.35 bits per heavy atom. The van der Waals surface area contributed by atoms with Gasteiger partial charge < -0.3 is 16.0 Å². The highest BCUT2D eigenvalue weighted by Gasteiger charge is 2.11. The van der Waals surface area contributed by atoms with Crippen molar-refractivity contribution in [2.24, 2.45) is 5.73 Å². The van der Waals surface area contributed by atoms with E-state index in [4.69, 9.17) is 5.73 Å². The normalized spacial score (nSPS) is 9.70. The number of benzene rings is 1. The molecule has 0 atom stereocenters. The summed E-state index contributed by atoms with van der Waals surface area (Å²) in [5.41, 5.74) is 6.69. The number of hydrogen-bond donors (Lipinski definition) is 3. The summed E-state index contributed by atoms with van der Waals surface area (Å²) < 4.78 is 13.2. The zero-order valence-corrected chi connectivity index (χ0v) is 10.6. The fourth-order valence-corrected chi connectivity index (χ4v) is 1.62. The number of carbonyl (C=O) groups excluding carboxylic acids is 1. The van der Waals surface area contributed by atoms with Gasteiger partial charge in [0.25, 0.3) is 5.91 Å². The molecule has 1 aromatic carbocycles. The van der Waals surface area contributed by atoms with Crippen molar-refractivity contribution in [1.29, 1.82) is 0 Å². The number of rotatable bonds is 3. The maximum Gasteiger partial charge on any atom is 0.252 e. The van der Waals surface area contributed by atoms with Crippen LogP contribution >= 0.6 is 0 Å². The second kappa shape index (κ2) is 6.50. The van der Waals surface area contributed by atoms with E-state index in [9.17, 15) is 9.18 Å². The fraction of sp³-hybridized carbons (Fsp3) is 0.143. The molecule has 0 spiro atoms. The highest BCUT2D eigenvalue weighted by molar-refractivity contribution is 5.96. The Morgan fingerprint density at radius 1 is 1.50 bits per heavy atom. The Bertz CT molecular complexity index is 656. The lowest BCUT2D eigenvalue weighted by Crippen LogP contribution is -2.24. The molecule has 1 amide bonds. The molecule has 1 aromatic heterocycles. The van der Waals surface area contributed by atoms with Gasteiger partial charge in [-0.25, -0.2) is 9.37 Å². The van der Waals surface area contributed by atoms with Crippen LogP contribution in [0.5, 0.6) is 0 Å². The molecule has 6 heteroatoms. The molecule has 0 aliphatic rings. The number of halogens is 1. The number of nitrogens with one attached hydrogen (secondary N) is 2. The average Bonchev–Trinajstić information content (AvgIpc) is 2.96. The van der Waals surface area contributed by atoms with Crippen LogP contribution in [0.3, 0.4) is 0 Å². The van der Waals surface area contributed by atoms with E-state index in [1.165, 1.54) is 24.5 Å². The zero-order chi connectivity index (χ0) is 14.4. The fourth-order valence-electron chi connectivity index (χ4n) is 1.62. The molecule has 2 aromatic rings. The van der Waals surface area contributed by atoms with Crippen LogP contribution < -0.4 is 11.1 Å². The lowest BCUT2D eigenvalue weighted by atomic mass is 10.1. The van der Waals surface area contributed by atoms with Crippen molar-refractivity contribution in [3.8, 4) is 11.8 Å². The summed E-state index contributed by atoms with van der Waals surface area (Å²) in [7, 11) is 0. The van der Waals surface area contributed by atoms with E-state index in [2.05, 4.69) is 27.1 Å². The average molecular weight is 272 g/mol. The maximum absolute atomic E-state index is 13.2. The van der Waals surface area contributed by atoms with Crippen LogP contribution in [0, 0.1) is 17.7 Å². The molecule has 1 heterocycles. The van der Waals surface area contributed by atoms with Gasteiger partial charge in [0.2, 0.25) is 0 Å². The molecule has 102 valence electrons. The first-order valence-electron chi connectivity index (χ1n) is 5.94. The molecular formula is C14H13FN4O. The predicted molar refractivity (Wildman–Crippen MR) is 72.1 cm³/mol. The zero-order valence-electron chi connectivity index (χ0n) is 10.6. The Labute approximate surface area is 115 Å². The molecule has 0 aliphatic heterocycles. The van der Waals surface area contributed by atoms with Crippen LogP contribution in [0.15, 0.2) is 30.7 Å². The smallest absolute Gasteiger partial charge is 0.252 e. The Kier molecular flexibility index (Phi) is 4.47. The number of amides is 1. The number of imidazole rings is 1. The third kappa shape index (κ3) is 3.43. The second-order valence-electron chi connectivity index (χ2n) is 3.96. The van der Waals surface area contributed by atoms with E-state index in [0.717, 1.165) is 5.69 Å². The summed E-state index contributed by atoms with van der Waals surface area (Å²) in [4.78, 5) is 18.8. The predicted octanol–water partition coefficient (Wildman–Crippen LogP) is 0.789. The van der Waals surface area contributed by atoms with Crippen LogP contribution in [0.1, 0.15) is 21.6 Å². The maximum atomic E-state index is 13.2. The van der Waals surface area contributed by atoms with Crippen LogP contribution in [-0.4, -0.2) is 22.4 Å². The Hall–Kier alpha value is -2.65. The van der Waals surface area contributed by atoms with E-state index >= 15 is 0 Å². The van der Waals surface area contributed by atoms with Crippen molar-refractivity contribution >= 4 is 5.91 Å². The minimum absolute atomic E-state index is 0.145. The largest absolute Gasteiger partial charge is 0.347 e. The molecule has 4 N–H and O–H groups in total. The molecule has 0 saturated heterocycles. The molecule has 0 unspecified atom stereocenters. The van der Waals surface area contributed by atoms with E-state index < -0.39 is 5.82 Å². The molecule has 20 heavy (non-hydrogen) atoms. The third-order valence-electron chi connectivity index (χ3n) is 2.55. The molecule has 2 rings (SSSR count). The minimum atomic E-state index is -0.448. The van der Waals surface area contributed by atoms with Gasteiger partial charge in [-0.05, 0) is 18.2 Å². The molecule has 0 saturated carbocycles. The Balaban J connectivity index is 2.16. The highest BCUT2D eigenvalue weighted by Crippen LogP contribution is 2.10. The van der Waals surface area contributed by atoms with Crippen molar-refractivity contribution in [1.82, 2.24) is 15.3 Å². The van der Waals surface area contributed by atoms with Gasteiger partial charge in [-0.3, -0.25) is 4.79 Å². The number of carbonyl (C=O) groups is 1. The first-order valence-corrected chi connectivity index (χ1v) is 5.94. The van der Waals surface area contributed by atoms with Gasteiger partial charge in [0.05, 0.1) is 30.7 Å². The number of hydrogen-bond acceptors (Lipinski definition) is 3. The number of aromatic amines is 1. The summed E-state index contributed by atoms with van der Waals surface area (Å²) in [5, 5.41) is 2.71. The summed E-state index contributed by atoms with van der Waals surface area (Å²) in [6, 6.07) is 3.84. The first-order chi connectivity index (χ1) is 9.70. The van der Waals surface area contributed by atoms with Gasteiger partial charge in [0.15, 0.2) is 0 Å². The van der Waals surface area contributed by atoms with Crippen molar-refractivity contribution in [2.45, 2.75) is 6.54 Å². The topological polar surface area (TPSA) is 83.8 Å². The first kappa shape index (κ1) is 13.8. The lowest BCUT2D eigenvalue weighted by molar-refractivity contribution is 0.0950. The number of H-pyrrole nitrogens is 1. The van der Waals surface area contributed by atoms with E-state index in [1.54, 1.807) is 6.20 Å². The second-order valence-corrected chi connectivity index (χ2v) is 3.96. The quantitative estimate of drug-likeness (QED) is 0.722. The van der Waals surface area contributed by atoms with Crippen LogP contribution in [0.4, 0.5) is 4.39 Å². The van der Waals surface area contributed by atoms with Crippen molar-refractivity contribution in [3.05, 3.63) is 53.4 Å². The molecule has 0 radical (unpaired) electrons. The van der Waals surface area contributed by atoms with Gasteiger partial charge >= 0.3 is 0 Å². The van der Waals surface area contributed by atoms with Crippen LogP contribution in [0.2, 0.25) is 0 Å². The van der Waals surface area contributed by atoms with Crippen molar-refractivity contribution in [3.63, 3.8) is 0 Å². The third-order valence-corrected chi connectivity index (χ3v) is 2.55. The van der Waals surface area contributed by atoms with Gasteiger partial charge in [-0.1, -0.05) is 11.8 Å². The summed E-state index contributed by atoms with van der Waals surface area (Å²) in [6.45, 7) is 0.450. The summed E-state index contributed by atoms with van der Waals surface area (Å²) >= 11 is 0. The van der Waals surface area contributed by atoms with E-state index in [1.807, 2.05) is 0 Å². The number of nitrogens with two attached hydrogens (primary N) is 1. The van der Waals surface area contributed by atoms with Gasteiger partial charge in [0, 0.05) is 11.8 Å². The molecule has 0 fully saturated rings. The standard InChI is InChI=1S/C14H13FN4O/c15-11-3-4-13(10(6-11)2-1-5-16)14(20)18-8-12-7-17-9-19-12/h3-4,6-7,9H,5,8,16H2,(H,17,19)(H,18,20). The molecular weight excluding hydrogens is 259 g/mol. The lowest BCUT2D eigenvalue weighted by Gasteiger charge is -2.06. The number of nitrogens with zero attached hydrogens (tertiary/aromatic N) is 1. The minimum Gasteiger partial charge on any atom is -0.347 e. The van der Waals surface area contributed by atoms with Crippen molar-refractivity contribution in [2.75, 3.05) is 6.54 Å². The van der Waals surface area contributed by atoms with Gasteiger partial charge in [-0.2, -0.15) is 0 Å². The SMILES string of the molecule is NCC#Cc1cc(F)ccc1C(=O)NCc1cnc[nH]1. The molecule has 0 aliphatic carbocycles. The van der Waals surface area contributed by atoms with Crippen LogP contribution in [-0.2, 0) is 6.54 Å². The van der Waals surface area contributed by atoms with Gasteiger partial charge in [0.1, 0.15) is 5.82 Å². The van der Waals surface area contributed by atoms with Gasteiger partial charge in [-0.15, -0.1) is 0 Å². The van der Waals surface area contributed by atoms with Crippen LogP contribution in [0.25, 0.3) is 0 Å². The number of aromatic nitrogens is 2. The Morgan fingerprint density at radius 3 is 3.05 bits per heavy atom.